The number of rotatable bonds is 1. The molecule has 0 unspecified atom stereocenters. The highest BCUT2D eigenvalue weighted by atomic mass is 16.2. The average Bonchev–Trinajstić information content (AvgIpc) is 2.43. The van der Waals surface area contributed by atoms with E-state index < -0.39 is 6.04 Å². The number of hydrogen-bond donors (Lipinski definition) is 1. The highest BCUT2D eigenvalue weighted by Gasteiger charge is 2.40. The number of carbonyl (C=O) groups excluding carboxylic acids is 2. The third-order valence-corrected chi connectivity index (χ3v) is 3.16. The minimum atomic E-state index is -0.579. The minimum absolute atomic E-state index is 0.0746. The topological polar surface area (TPSA) is 63.4 Å². The SMILES string of the molecule is N[C@H]1CC(=O)N(C2CCCCC2)C1=O. The molecule has 0 spiro atoms. The minimum Gasteiger partial charge on any atom is -0.319 e. The van der Waals surface area contributed by atoms with E-state index in [0.717, 1.165) is 25.7 Å². The maximum Gasteiger partial charge on any atom is 0.246 e. The van der Waals surface area contributed by atoms with E-state index >= 15 is 0 Å². The van der Waals surface area contributed by atoms with Crippen LogP contribution in [0.25, 0.3) is 0 Å². The number of amides is 2. The van der Waals surface area contributed by atoms with E-state index in [9.17, 15) is 9.59 Å². The third kappa shape index (κ3) is 1.54. The van der Waals surface area contributed by atoms with Crippen LogP contribution < -0.4 is 5.73 Å². The van der Waals surface area contributed by atoms with Gasteiger partial charge in [0.05, 0.1) is 12.5 Å². The second-order valence-corrected chi connectivity index (χ2v) is 4.20. The van der Waals surface area contributed by atoms with Gasteiger partial charge in [0.25, 0.3) is 0 Å². The standard InChI is InChI=1S/C10H16N2O2/c11-8-6-9(13)12(10(8)14)7-4-2-1-3-5-7/h7-8H,1-6,11H2/t8-/m0/s1. The van der Waals surface area contributed by atoms with Gasteiger partial charge in [0, 0.05) is 6.04 Å². The van der Waals surface area contributed by atoms with Gasteiger partial charge in [-0.05, 0) is 12.8 Å². The van der Waals surface area contributed by atoms with Crippen LogP contribution in [0, 0.1) is 0 Å². The number of nitrogens with two attached hydrogens (primary N) is 1. The third-order valence-electron chi connectivity index (χ3n) is 3.16. The Hall–Kier alpha value is -0.900. The Balaban J connectivity index is 2.08. The van der Waals surface area contributed by atoms with E-state index in [1.807, 2.05) is 0 Å². The predicted molar refractivity (Wildman–Crippen MR) is 51.3 cm³/mol. The molecule has 2 amide bonds. The molecule has 1 aliphatic carbocycles. The first-order valence-corrected chi connectivity index (χ1v) is 5.31. The molecule has 1 heterocycles. The molecule has 4 heteroatoms. The lowest BCUT2D eigenvalue weighted by Gasteiger charge is -2.29. The van der Waals surface area contributed by atoms with Crippen LogP contribution in [0.5, 0.6) is 0 Å². The Morgan fingerprint density at radius 2 is 1.79 bits per heavy atom. The number of likely N-dealkylation sites (tertiary alicyclic amines) is 1. The predicted octanol–water partition coefficient (Wildman–Crippen LogP) is 0.405. The number of imide groups is 1. The lowest BCUT2D eigenvalue weighted by Crippen LogP contribution is -2.43. The fraction of sp³-hybridized carbons (Fsp3) is 0.800. The van der Waals surface area contributed by atoms with Gasteiger partial charge in [-0.2, -0.15) is 0 Å². The largest absolute Gasteiger partial charge is 0.319 e. The van der Waals surface area contributed by atoms with Gasteiger partial charge in [0.15, 0.2) is 0 Å². The monoisotopic (exact) mass is 196 g/mol. The molecule has 78 valence electrons. The van der Waals surface area contributed by atoms with Gasteiger partial charge < -0.3 is 5.73 Å². The van der Waals surface area contributed by atoms with Gasteiger partial charge in [-0.1, -0.05) is 19.3 Å². The van der Waals surface area contributed by atoms with Crippen LogP contribution in [0.2, 0.25) is 0 Å². The van der Waals surface area contributed by atoms with Crippen LogP contribution in [0.4, 0.5) is 0 Å². The van der Waals surface area contributed by atoms with Gasteiger partial charge in [0.1, 0.15) is 0 Å². The molecule has 0 aromatic heterocycles. The quantitative estimate of drug-likeness (QED) is 0.618. The van der Waals surface area contributed by atoms with Crippen LogP contribution in [-0.2, 0) is 9.59 Å². The van der Waals surface area contributed by atoms with E-state index in [0.29, 0.717) is 0 Å². The normalized spacial score (nSPS) is 30.1. The molecule has 1 saturated carbocycles. The summed E-state index contributed by atoms with van der Waals surface area (Å²) in [5.74, 6) is -0.240. The van der Waals surface area contributed by atoms with Crippen LogP contribution in [0.15, 0.2) is 0 Å². The number of hydrogen-bond acceptors (Lipinski definition) is 3. The zero-order valence-corrected chi connectivity index (χ0v) is 8.24. The molecule has 0 aromatic carbocycles. The zero-order valence-electron chi connectivity index (χ0n) is 8.24. The van der Waals surface area contributed by atoms with E-state index in [2.05, 4.69) is 0 Å². The van der Waals surface area contributed by atoms with E-state index in [1.165, 1.54) is 11.3 Å². The van der Waals surface area contributed by atoms with Gasteiger partial charge in [0.2, 0.25) is 11.8 Å². The van der Waals surface area contributed by atoms with Crippen molar-refractivity contribution < 1.29 is 9.59 Å². The first-order valence-electron chi connectivity index (χ1n) is 5.31. The second kappa shape index (κ2) is 3.69. The van der Waals surface area contributed by atoms with Crippen molar-refractivity contribution in [1.82, 2.24) is 4.90 Å². The van der Waals surface area contributed by atoms with Crippen LogP contribution in [0.3, 0.4) is 0 Å². The molecule has 14 heavy (non-hydrogen) atoms. The molecule has 2 aliphatic rings. The highest BCUT2D eigenvalue weighted by molar-refractivity contribution is 6.05. The first kappa shape index (κ1) is 9.65. The molecule has 2 rings (SSSR count). The molecule has 1 atom stereocenters. The van der Waals surface area contributed by atoms with Crippen molar-refractivity contribution in [2.45, 2.75) is 50.6 Å². The molecule has 0 aromatic rings. The molecule has 0 bridgehead atoms. The molecular weight excluding hydrogens is 180 g/mol. The molecule has 1 saturated heterocycles. The summed E-state index contributed by atoms with van der Waals surface area (Å²) >= 11 is 0. The van der Waals surface area contributed by atoms with E-state index in [1.54, 1.807) is 0 Å². The van der Waals surface area contributed by atoms with Crippen molar-refractivity contribution in [2.75, 3.05) is 0 Å². The molecule has 1 aliphatic heterocycles. The molecule has 2 N–H and O–H groups in total. The van der Waals surface area contributed by atoms with Crippen molar-refractivity contribution in [3.63, 3.8) is 0 Å². The second-order valence-electron chi connectivity index (χ2n) is 4.20. The average molecular weight is 196 g/mol. The highest BCUT2D eigenvalue weighted by Crippen LogP contribution is 2.26. The maximum absolute atomic E-state index is 11.6. The smallest absolute Gasteiger partial charge is 0.246 e. The molecule has 2 fully saturated rings. The Bertz CT molecular complexity index is 259. The molecule has 4 nitrogen and oxygen atoms in total. The Morgan fingerprint density at radius 1 is 1.14 bits per heavy atom. The summed E-state index contributed by atoms with van der Waals surface area (Å²) in [5.41, 5.74) is 5.55. The summed E-state index contributed by atoms with van der Waals surface area (Å²) in [4.78, 5) is 24.5. The van der Waals surface area contributed by atoms with Crippen LogP contribution in [-0.4, -0.2) is 28.8 Å². The van der Waals surface area contributed by atoms with Crippen LogP contribution >= 0.6 is 0 Å². The lowest BCUT2D eigenvalue weighted by atomic mass is 9.94. The fourth-order valence-electron chi connectivity index (χ4n) is 2.40. The van der Waals surface area contributed by atoms with Gasteiger partial charge in [-0.25, -0.2) is 0 Å². The van der Waals surface area contributed by atoms with E-state index in [-0.39, 0.29) is 24.3 Å². The van der Waals surface area contributed by atoms with Gasteiger partial charge in [-0.3, -0.25) is 14.5 Å². The summed E-state index contributed by atoms with van der Waals surface area (Å²) in [6.07, 6.45) is 5.59. The summed E-state index contributed by atoms with van der Waals surface area (Å²) in [7, 11) is 0. The van der Waals surface area contributed by atoms with Crippen molar-refractivity contribution in [2.24, 2.45) is 5.73 Å². The summed E-state index contributed by atoms with van der Waals surface area (Å²) in [6.45, 7) is 0. The Morgan fingerprint density at radius 3 is 2.29 bits per heavy atom. The Labute approximate surface area is 83.4 Å². The van der Waals surface area contributed by atoms with Crippen molar-refractivity contribution in [3.8, 4) is 0 Å². The molecule has 0 radical (unpaired) electrons. The molecular formula is C10H16N2O2. The summed E-state index contributed by atoms with van der Waals surface area (Å²) in [5, 5.41) is 0. The van der Waals surface area contributed by atoms with Crippen molar-refractivity contribution >= 4 is 11.8 Å². The first-order chi connectivity index (χ1) is 6.70. The summed E-state index contributed by atoms with van der Waals surface area (Å²) < 4.78 is 0. The number of nitrogens with zero attached hydrogens (tertiary/aromatic N) is 1. The van der Waals surface area contributed by atoms with Gasteiger partial charge in [-0.15, -0.1) is 0 Å². The van der Waals surface area contributed by atoms with E-state index in [4.69, 9.17) is 5.73 Å². The summed E-state index contributed by atoms with van der Waals surface area (Å²) in [6, 6.07) is -0.443. The Kier molecular flexibility index (Phi) is 2.54. The van der Waals surface area contributed by atoms with Gasteiger partial charge >= 0.3 is 0 Å². The van der Waals surface area contributed by atoms with Crippen molar-refractivity contribution in [3.05, 3.63) is 0 Å². The maximum atomic E-state index is 11.6. The number of carbonyl (C=O) groups is 2. The van der Waals surface area contributed by atoms with Crippen molar-refractivity contribution in [1.29, 1.82) is 0 Å². The zero-order chi connectivity index (χ0) is 10.1. The fourth-order valence-corrected chi connectivity index (χ4v) is 2.40. The lowest BCUT2D eigenvalue weighted by molar-refractivity contribution is -0.142. The van der Waals surface area contributed by atoms with Crippen LogP contribution in [0.1, 0.15) is 38.5 Å².